The van der Waals surface area contributed by atoms with Crippen LogP contribution in [0.25, 0.3) is 16.7 Å². The van der Waals surface area contributed by atoms with E-state index in [0.29, 0.717) is 11.3 Å². The molecule has 0 saturated carbocycles. The maximum Gasteiger partial charge on any atom is 0.144 e. The molecule has 21 heavy (non-hydrogen) atoms. The third kappa shape index (κ3) is 2.68. The molecule has 0 aliphatic rings. The highest BCUT2D eigenvalue weighted by Crippen LogP contribution is 2.29. The number of fused-ring (bicyclic) bond motifs is 1. The van der Waals surface area contributed by atoms with Crippen molar-refractivity contribution in [1.29, 1.82) is 0 Å². The fourth-order valence-corrected chi connectivity index (χ4v) is 3.28. The molecule has 0 N–H and O–H groups in total. The van der Waals surface area contributed by atoms with Gasteiger partial charge in [-0.2, -0.15) is 0 Å². The number of aromatic nitrogens is 2. The number of hydrogen-bond acceptors (Lipinski definition) is 1. The van der Waals surface area contributed by atoms with Crippen LogP contribution in [0, 0.1) is 12.7 Å². The minimum absolute atomic E-state index is 0.0662. The van der Waals surface area contributed by atoms with Crippen LogP contribution in [0.15, 0.2) is 34.8 Å². The molecule has 6 heteroatoms. The molecule has 2 aromatic carbocycles. The maximum absolute atomic E-state index is 13.6. The predicted molar refractivity (Wildman–Crippen MR) is 88.0 cm³/mol. The van der Waals surface area contributed by atoms with Gasteiger partial charge in [-0.05, 0) is 36.8 Å². The quantitative estimate of drug-likeness (QED) is 0.521. The van der Waals surface area contributed by atoms with Crippen molar-refractivity contribution in [3.8, 4) is 5.69 Å². The van der Waals surface area contributed by atoms with Gasteiger partial charge in [-0.25, -0.2) is 9.37 Å². The first kappa shape index (κ1) is 14.8. The molecule has 0 saturated heterocycles. The number of rotatable bonds is 2. The summed E-state index contributed by atoms with van der Waals surface area (Å²) in [6, 6.07) is 8.89. The van der Waals surface area contributed by atoms with E-state index in [-0.39, 0.29) is 10.9 Å². The molecule has 3 rings (SSSR count). The Kier molecular flexibility index (Phi) is 3.95. The smallest absolute Gasteiger partial charge is 0.144 e. The Bertz CT molecular complexity index is 825. The molecule has 2 nitrogen and oxygen atoms in total. The van der Waals surface area contributed by atoms with Gasteiger partial charge in [0.25, 0.3) is 0 Å². The standard InChI is InChI=1S/C15H10BrCl2FN2/c1-8-2-9(16)4-10(3-8)21-14-5-11(18)12(19)6-13(14)20-15(21)7-17/h2-6H,7H2,1H3. The fraction of sp³-hybridized carbons (Fsp3) is 0.133. The summed E-state index contributed by atoms with van der Waals surface area (Å²) in [7, 11) is 0. The van der Waals surface area contributed by atoms with E-state index >= 15 is 0 Å². The van der Waals surface area contributed by atoms with Crippen LogP contribution in [-0.4, -0.2) is 9.55 Å². The van der Waals surface area contributed by atoms with Crippen LogP contribution < -0.4 is 0 Å². The lowest BCUT2D eigenvalue weighted by molar-refractivity contribution is 0.630. The molecule has 0 fully saturated rings. The second kappa shape index (κ2) is 5.59. The fourth-order valence-electron chi connectivity index (χ4n) is 2.35. The van der Waals surface area contributed by atoms with Crippen molar-refractivity contribution >= 4 is 50.2 Å². The summed E-state index contributed by atoms with van der Waals surface area (Å²) in [5, 5.41) is 0.0662. The summed E-state index contributed by atoms with van der Waals surface area (Å²) < 4.78 is 16.4. The maximum atomic E-state index is 13.6. The van der Waals surface area contributed by atoms with Crippen molar-refractivity contribution < 1.29 is 4.39 Å². The minimum Gasteiger partial charge on any atom is -0.295 e. The number of benzene rings is 2. The average molecular weight is 388 g/mol. The van der Waals surface area contributed by atoms with Crippen LogP contribution in [0.2, 0.25) is 5.02 Å². The molecule has 0 radical (unpaired) electrons. The van der Waals surface area contributed by atoms with E-state index in [2.05, 4.69) is 20.9 Å². The van der Waals surface area contributed by atoms with Crippen molar-refractivity contribution in [2.75, 3.05) is 0 Å². The van der Waals surface area contributed by atoms with Gasteiger partial charge in [-0.15, -0.1) is 11.6 Å². The zero-order chi connectivity index (χ0) is 15.1. The largest absolute Gasteiger partial charge is 0.295 e. The molecule has 3 aromatic rings. The van der Waals surface area contributed by atoms with Crippen LogP contribution in [0.1, 0.15) is 11.4 Å². The van der Waals surface area contributed by atoms with Gasteiger partial charge < -0.3 is 0 Å². The van der Waals surface area contributed by atoms with E-state index < -0.39 is 5.82 Å². The Morgan fingerprint density at radius 3 is 2.67 bits per heavy atom. The number of imidazole rings is 1. The van der Waals surface area contributed by atoms with Crippen LogP contribution in [0.4, 0.5) is 4.39 Å². The van der Waals surface area contributed by atoms with E-state index in [1.165, 1.54) is 6.07 Å². The lowest BCUT2D eigenvalue weighted by Crippen LogP contribution is -2.00. The molecule has 0 unspecified atom stereocenters. The highest BCUT2D eigenvalue weighted by Gasteiger charge is 2.15. The number of halogens is 4. The Hall–Kier alpha value is -1.10. The second-order valence-electron chi connectivity index (χ2n) is 4.74. The SMILES string of the molecule is Cc1cc(Br)cc(-n2c(CCl)nc3cc(F)c(Cl)cc32)c1. The first-order valence-electron chi connectivity index (χ1n) is 6.19. The molecule has 0 bridgehead atoms. The molecule has 0 spiro atoms. The van der Waals surface area contributed by atoms with Crippen LogP contribution in [-0.2, 0) is 5.88 Å². The second-order valence-corrected chi connectivity index (χ2v) is 6.33. The summed E-state index contributed by atoms with van der Waals surface area (Å²) in [6.45, 7) is 2.00. The zero-order valence-corrected chi connectivity index (χ0v) is 14.1. The molecule has 108 valence electrons. The van der Waals surface area contributed by atoms with Crippen molar-refractivity contribution in [2.24, 2.45) is 0 Å². The molecule has 1 aromatic heterocycles. The van der Waals surface area contributed by atoms with E-state index in [0.717, 1.165) is 21.2 Å². The minimum atomic E-state index is -0.486. The Labute approximate surface area is 139 Å². The third-order valence-electron chi connectivity index (χ3n) is 3.17. The van der Waals surface area contributed by atoms with Crippen molar-refractivity contribution in [3.63, 3.8) is 0 Å². The van der Waals surface area contributed by atoms with Gasteiger partial charge in [0.05, 0.1) is 21.9 Å². The molecular weight excluding hydrogens is 378 g/mol. The number of alkyl halides is 1. The zero-order valence-electron chi connectivity index (χ0n) is 11.0. The summed E-state index contributed by atoms with van der Waals surface area (Å²) in [5.41, 5.74) is 3.26. The van der Waals surface area contributed by atoms with E-state index in [1.807, 2.05) is 29.7 Å². The Morgan fingerprint density at radius 2 is 2.00 bits per heavy atom. The van der Waals surface area contributed by atoms with Gasteiger partial charge in [-0.3, -0.25) is 4.57 Å². The van der Waals surface area contributed by atoms with Gasteiger partial charge in [0, 0.05) is 16.2 Å². The first-order chi connectivity index (χ1) is 9.99. The Balaban J connectivity index is 2.36. The van der Waals surface area contributed by atoms with Gasteiger partial charge in [0.1, 0.15) is 11.6 Å². The summed E-state index contributed by atoms with van der Waals surface area (Å²) >= 11 is 15.4. The Morgan fingerprint density at radius 1 is 1.24 bits per heavy atom. The third-order valence-corrected chi connectivity index (χ3v) is 4.16. The summed E-state index contributed by atoms with van der Waals surface area (Å²) in [4.78, 5) is 4.39. The normalized spacial score (nSPS) is 11.3. The predicted octanol–water partition coefficient (Wildman–Crippen LogP) is 5.63. The van der Waals surface area contributed by atoms with Crippen molar-refractivity contribution in [3.05, 3.63) is 57.0 Å². The first-order valence-corrected chi connectivity index (χ1v) is 7.90. The lowest BCUT2D eigenvalue weighted by atomic mass is 10.2. The van der Waals surface area contributed by atoms with Crippen molar-refractivity contribution in [1.82, 2.24) is 9.55 Å². The number of aryl methyl sites for hydroxylation is 1. The number of hydrogen-bond donors (Lipinski definition) is 0. The summed E-state index contributed by atoms with van der Waals surface area (Å²) in [6.07, 6.45) is 0. The topological polar surface area (TPSA) is 17.8 Å². The van der Waals surface area contributed by atoms with Gasteiger partial charge >= 0.3 is 0 Å². The molecular formula is C15H10BrCl2FN2. The average Bonchev–Trinajstić information content (AvgIpc) is 2.75. The molecule has 1 heterocycles. The van der Waals surface area contributed by atoms with Crippen LogP contribution in [0.3, 0.4) is 0 Å². The van der Waals surface area contributed by atoms with Crippen LogP contribution in [0.5, 0.6) is 0 Å². The van der Waals surface area contributed by atoms with Gasteiger partial charge in [0.2, 0.25) is 0 Å². The van der Waals surface area contributed by atoms with E-state index in [4.69, 9.17) is 23.2 Å². The monoisotopic (exact) mass is 386 g/mol. The van der Waals surface area contributed by atoms with Crippen LogP contribution >= 0.6 is 39.1 Å². The van der Waals surface area contributed by atoms with E-state index in [9.17, 15) is 4.39 Å². The highest BCUT2D eigenvalue weighted by molar-refractivity contribution is 9.10. The summed E-state index contributed by atoms with van der Waals surface area (Å²) in [5.74, 6) is 0.380. The lowest BCUT2D eigenvalue weighted by Gasteiger charge is -2.10. The van der Waals surface area contributed by atoms with E-state index in [1.54, 1.807) is 6.07 Å². The molecule has 0 atom stereocenters. The highest BCUT2D eigenvalue weighted by atomic mass is 79.9. The molecule has 0 amide bonds. The van der Waals surface area contributed by atoms with Gasteiger partial charge in [-0.1, -0.05) is 27.5 Å². The number of nitrogens with zero attached hydrogens (tertiary/aromatic N) is 2. The molecule has 0 aliphatic heterocycles. The molecule has 0 aliphatic carbocycles. The van der Waals surface area contributed by atoms with Gasteiger partial charge in [0.15, 0.2) is 0 Å². The van der Waals surface area contributed by atoms with Crippen molar-refractivity contribution in [2.45, 2.75) is 12.8 Å².